The lowest BCUT2D eigenvalue weighted by atomic mass is 9.98. The molecular formula is C14H19BrINO. The summed E-state index contributed by atoms with van der Waals surface area (Å²) < 4.78 is 2.09. The minimum absolute atomic E-state index is 0.121. The smallest absolute Gasteiger partial charge is 0.227 e. The first-order valence-corrected chi connectivity index (χ1v) is 8.21. The Labute approximate surface area is 131 Å². The molecule has 1 rings (SSSR count). The number of carbonyl (C=O) groups is 1. The van der Waals surface area contributed by atoms with E-state index < -0.39 is 0 Å². The highest BCUT2D eigenvalue weighted by molar-refractivity contribution is 14.1. The Bertz CT molecular complexity index is 409. The number of benzene rings is 1. The summed E-state index contributed by atoms with van der Waals surface area (Å²) in [6.07, 6.45) is 4.12. The predicted octanol–water partition coefficient (Wildman–Crippen LogP) is 5.21. The molecule has 4 heteroatoms. The zero-order chi connectivity index (χ0) is 13.5. The van der Waals surface area contributed by atoms with Crippen molar-refractivity contribution < 1.29 is 4.79 Å². The second-order valence-corrected chi connectivity index (χ2v) is 6.46. The van der Waals surface area contributed by atoms with E-state index >= 15 is 0 Å². The van der Waals surface area contributed by atoms with Crippen molar-refractivity contribution in [3.8, 4) is 0 Å². The number of anilines is 1. The zero-order valence-electron chi connectivity index (χ0n) is 10.8. The molecule has 1 unspecified atom stereocenters. The van der Waals surface area contributed by atoms with Crippen molar-refractivity contribution in [2.45, 2.75) is 39.5 Å². The van der Waals surface area contributed by atoms with Gasteiger partial charge in [-0.1, -0.05) is 26.7 Å². The first kappa shape index (κ1) is 16.0. The van der Waals surface area contributed by atoms with Gasteiger partial charge in [-0.05, 0) is 69.6 Å². The summed E-state index contributed by atoms with van der Waals surface area (Å²) in [5, 5.41) is 3.01. The van der Waals surface area contributed by atoms with Crippen LogP contribution in [-0.2, 0) is 4.79 Å². The Morgan fingerprint density at radius 2 is 2.17 bits per heavy atom. The summed E-state index contributed by atoms with van der Waals surface area (Å²) in [5.41, 5.74) is 0.857. The van der Waals surface area contributed by atoms with Crippen LogP contribution in [0.4, 0.5) is 5.69 Å². The van der Waals surface area contributed by atoms with Crippen LogP contribution in [0.1, 0.15) is 39.5 Å². The second kappa shape index (κ2) is 8.15. The molecular weight excluding hydrogens is 405 g/mol. The van der Waals surface area contributed by atoms with E-state index in [1.54, 1.807) is 0 Å². The van der Waals surface area contributed by atoms with Gasteiger partial charge in [-0.25, -0.2) is 0 Å². The van der Waals surface area contributed by atoms with Gasteiger partial charge in [-0.2, -0.15) is 0 Å². The quantitative estimate of drug-likeness (QED) is 0.625. The first-order chi connectivity index (χ1) is 8.58. The Kier molecular flexibility index (Phi) is 7.22. The topological polar surface area (TPSA) is 29.1 Å². The van der Waals surface area contributed by atoms with Crippen molar-refractivity contribution in [3.63, 3.8) is 0 Å². The molecule has 1 N–H and O–H groups in total. The van der Waals surface area contributed by atoms with Crippen LogP contribution < -0.4 is 5.32 Å². The summed E-state index contributed by atoms with van der Waals surface area (Å²) in [5.74, 6) is 0.254. The molecule has 0 aromatic heterocycles. The van der Waals surface area contributed by atoms with Crippen LogP contribution >= 0.6 is 38.5 Å². The molecule has 0 saturated heterocycles. The van der Waals surface area contributed by atoms with Crippen molar-refractivity contribution in [2.75, 3.05) is 5.32 Å². The first-order valence-electron chi connectivity index (χ1n) is 6.34. The molecule has 0 aliphatic heterocycles. The lowest BCUT2D eigenvalue weighted by Gasteiger charge is -2.15. The summed E-state index contributed by atoms with van der Waals surface area (Å²) in [6, 6.07) is 5.94. The molecule has 1 atom stereocenters. The van der Waals surface area contributed by atoms with Crippen LogP contribution in [0.15, 0.2) is 22.7 Å². The van der Waals surface area contributed by atoms with Crippen molar-refractivity contribution in [3.05, 3.63) is 26.2 Å². The van der Waals surface area contributed by atoms with E-state index in [1.807, 2.05) is 18.2 Å². The van der Waals surface area contributed by atoms with E-state index in [9.17, 15) is 4.79 Å². The Morgan fingerprint density at radius 3 is 2.72 bits per heavy atom. The largest absolute Gasteiger partial charge is 0.325 e. The monoisotopic (exact) mass is 423 g/mol. The molecule has 2 nitrogen and oxygen atoms in total. The number of halogens is 2. The number of rotatable bonds is 6. The molecule has 0 bridgehead atoms. The lowest BCUT2D eigenvalue weighted by molar-refractivity contribution is -0.120. The molecule has 1 aromatic rings. The molecule has 0 aliphatic rings. The minimum atomic E-state index is 0.121. The Balaban J connectivity index is 2.67. The van der Waals surface area contributed by atoms with Gasteiger partial charge in [0, 0.05) is 14.0 Å². The molecule has 18 heavy (non-hydrogen) atoms. The van der Waals surface area contributed by atoms with Crippen LogP contribution in [-0.4, -0.2) is 5.91 Å². The Hall–Kier alpha value is -0.100. The number of hydrogen-bond acceptors (Lipinski definition) is 1. The molecule has 0 spiro atoms. The van der Waals surface area contributed by atoms with Crippen molar-refractivity contribution in [1.82, 2.24) is 0 Å². The fraction of sp³-hybridized carbons (Fsp3) is 0.500. The van der Waals surface area contributed by atoms with E-state index in [0.717, 1.165) is 39.4 Å². The third-order valence-electron chi connectivity index (χ3n) is 2.96. The van der Waals surface area contributed by atoms with Crippen molar-refractivity contribution in [1.29, 1.82) is 0 Å². The normalized spacial score (nSPS) is 12.2. The standard InChI is InChI=1S/C14H19BrINO/c1-3-5-6-10(4-2)14(18)17-13-8-7-11(16)9-12(13)15/h7-10H,3-6H2,1-2H3,(H,17,18). The van der Waals surface area contributed by atoms with Gasteiger partial charge in [0.1, 0.15) is 0 Å². The van der Waals surface area contributed by atoms with E-state index in [4.69, 9.17) is 0 Å². The van der Waals surface area contributed by atoms with Crippen LogP contribution in [0.25, 0.3) is 0 Å². The SMILES string of the molecule is CCCCC(CC)C(=O)Nc1ccc(I)cc1Br. The van der Waals surface area contributed by atoms with Gasteiger partial charge >= 0.3 is 0 Å². The van der Waals surface area contributed by atoms with Crippen LogP contribution in [0, 0.1) is 9.49 Å². The minimum Gasteiger partial charge on any atom is -0.325 e. The van der Waals surface area contributed by atoms with Crippen LogP contribution in [0.3, 0.4) is 0 Å². The van der Waals surface area contributed by atoms with Crippen molar-refractivity contribution in [2.24, 2.45) is 5.92 Å². The number of carbonyl (C=O) groups excluding carboxylic acids is 1. The predicted molar refractivity (Wildman–Crippen MR) is 88.8 cm³/mol. The average Bonchev–Trinajstić information content (AvgIpc) is 2.34. The lowest BCUT2D eigenvalue weighted by Crippen LogP contribution is -2.22. The van der Waals surface area contributed by atoms with Crippen LogP contribution in [0.5, 0.6) is 0 Å². The van der Waals surface area contributed by atoms with E-state index in [-0.39, 0.29) is 11.8 Å². The number of nitrogens with one attached hydrogen (secondary N) is 1. The number of unbranched alkanes of at least 4 members (excludes halogenated alkanes) is 1. The molecule has 0 fully saturated rings. The summed E-state index contributed by atoms with van der Waals surface area (Å²) in [7, 11) is 0. The van der Waals surface area contributed by atoms with Gasteiger partial charge in [-0.3, -0.25) is 4.79 Å². The molecule has 100 valence electrons. The highest BCUT2D eigenvalue weighted by Gasteiger charge is 2.16. The summed E-state index contributed by atoms with van der Waals surface area (Å²) in [6.45, 7) is 4.23. The summed E-state index contributed by atoms with van der Waals surface area (Å²) >= 11 is 5.73. The van der Waals surface area contributed by atoms with Gasteiger partial charge in [-0.15, -0.1) is 0 Å². The highest BCUT2D eigenvalue weighted by atomic mass is 127. The molecule has 0 heterocycles. The maximum Gasteiger partial charge on any atom is 0.227 e. The van der Waals surface area contributed by atoms with Gasteiger partial charge in [0.15, 0.2) is 0 Å². The number of hydrogen-bond donors (Lipinski definition) is 1. The molecule has 0 aliphatic carbocycles. The summed E-state index contributed by atoms with van der Waals surface area (Å²) in [4.78, 5) is 12.2. The van der Waals surface area contributed by atoms with E-state index in [0.29, 0.717) is 0 Å². The van der Waals surface area contributed by atoms with E-state index in [1.165, 1.54) is 0 Å². The van der Waals surface area contributed by atoms with Gasteiger partial charge < -0.3 is 5.32 Å². The Morgan fingerprint density at radius 1 is 1.44 bits per heavy atom. The zero-order valence-corrected chi connectivity index (χ0v) is 14.5. The van der Waals surface area contributed by atoms with Gasteiger partial charge in [0.05, 0.1) is 5.69 Å². The molecule has 1 aromatic carbocycles. The van der Waals surface area contributed by atoms with Gasteiger partial charge in [0.25, 0.3) is 0 Å². The number of amides is 1. The maximum atomic E-state index is 12.2. The van der Waals surface area contributed by atoms with E-state index in [2.05, 4.69) is 57.7 Å². The fourth-order valence-electron chi connectivity index (χ4n) is 1.80. The van der Waals surface area contributed by atoms with Gasteiger partial charge in [0.2, 0.25) is 5.91 Å². The van der Waals surface area contributed by atoms with Crippen LogP contribution in [0.2, 0.25) is 0 Å². The third kappa shape index (κ3) is 4.88. The highest BCUT2D eigenvalue weighted by Crippen LogP contribution is 2.25. The maximum absolute atomic E-state index is 12.2. The van der Waals surface area contributed by atoms with Crippen molar-refractivity contribution >= 4 is 50.1 Å². The molecule has 1 amide bonds. The second-order valence-electron chi connectivity index (χ2n) is 4.36. The fourth-order valence-corrected chi connectivity index (χ4v) is 3.19. The molecule has 0 radical (unpaired) electrons. The third-order valence-corrected chi connectivity index (χ3v) is 4.29. The molecule has 0 saturated carbocycles. The average molecular weight is 424 g/mol.